The molecule has 0 amide bonds. The van der Waals surface area contributed by atoms with Crippen LogP contribution in [0.15, 0.2) is 11.1 Å². The highest BCUT2D eigenvalue weighted by Crippen LogP contribution is 2.22. The first kappa shape index (κ1) is 6.81. The third-order valence-electron chi connectivity index (χ3n) is 2.19. The quantitative estimate of drug-likeness (QED) is 0.491. The lowest BCUT2D eigenvalue weighted by atomic mass is 9.91. The minimum Gasteiger partial charge on any atom is -0.327 e. The van der Waals surface area contributed by atoms with Crippen LogP contribution in [0.4, 0.5) is 0 Å². The fraction of sp³-hybridized carbons (Fsp3) is 0.750. The molecule has 0 radical (unpaired) electrons. The molecule has 0 aliphatic heterocycles. The Balaban J connectivity index is 2.61. The summed E-state index contributed by atoms with van der Waals surface area (Å²) in [6.45, 7) is 4.40. The van der Waals surface area contributed by atoms with Gasteiger partial charge in [-0.1, -0.05) is 11.1 Å². The average Bonchev–Trinajstić information content (AvgIpc) is 1.80. The van der Waals surface area contributed by atoms with Crippen LogP contribution in [-0.4, -0.2) is 6.04 Å². The van der Waals surface area contributed by atoms with Gasteiger partial charge < -0.3 is 5.73 Å². The lowest BCUT2D eigenvalue weighted by Gasteiger charge is -2.20. The van der Waals surface area contributed by atoms with Crippen molar-refractivity contribution in [1.82, 2.24) is 0 Å². The van der Waals surface area contributed by atoms with Crippen LogP contribution in [0.25, 0.3) is 0 Å². The third-order valence-corrected chi connectivity index (χ3v) is 2.19. The predicted molar refractivity (Wildman–Crippen MR) is 40.2 cm³/mol. The molecule has 0 aromatic heterocycles. The van der Waals surface area contributed by atoms with Crippen molar-refractivity contribution >= 4 is 0 Å². The predicted octanol–water partition coefficient (Wildman–Crippen LogP) is 1.83. The molecule has 0 heterocycles. The topological polar surface area (TPSA) is 26.0 Å². The van der Waals surface area contributed by atoms with E-state index < -0.39 is 0 Å². The molecule has 0 saturated carbocycles. The first-order chi connectivity index (χ1) is 4.20. The zero-order chi connectivity index (χ0) is 6.85. The van der Waals surface area contributed by atoms with Crippen molar-refractivity contribution in [3.63, 3.8) is 0 Å². The van der Waals surface area contributed by atoms with Gasteiger partial charge in [0.05, 0.1) is 0 Å². The van der Waals surface area contributed by atoms with Crippen molar-refractivity contribution in [1.29, 1.82) is 0 Å². The molecule has 0 saturated heterocycles. The van der Waals surface area contributed by atoms with Crippen molar-refractivity contribution in [2.45, 2.75) is 39.2 Å². The SMILES string of the molecule is CC1=C(C)CC(N)CC1. The summed E-state index contributed by atoms with van der Waals surface area (Å²) in [5.41, 5.74) is 8.81. The standard InChI is InChI=1S/C8H15N/c1-6-3-4-8(9)5-7(6)2/h8H,3-5,9H2,1-2H3. The van der Waals surface area contributed by atoms with Gasteiger partial charge in [-0.2, -0.15) is 0 Å². The fourth-order valence-electron chi connectivity index (χ4n) is 1.28. The van der Waals surface area contributed by atoms with E-state index in [1.165, 1.54) is 18.4 Å². The molecule has 1 aliphatic carbocycles. The highest BCUT2D eigenvalue weighted by Gasteiger charge is 2.11. The first-order valence-electron chi connectivity index (χ1n) is 3.61. The maximum Gasteiger partial charge on any atom is 0.00791 e. The van der Waals surface area contributed by atoms with Crippen molar-refractivity contribution in [3.05, 3.63) is 11.1 Å². The Hall–Kier alpha value is -0.300. The van der Waals surface area contributed by atoms with Gasteiger partial charge in [-0.3, -0.25) is 0 Å². The van der Waals surface area contributed by atoms with E-state index in [0.717, 1.165) is 6.42 Å². The van der Waals surface area contributed by atoms with Gasteiger partial charge in [0, 0.05) is 6.04 Å². The van der Waals surface area contributed by atoms with Crippen LogP contribution in [-0.2, 0) is 0 Å². The normalized spacial score (nSPS) is 29.0. The monoisotopic (exact) mass is 125 g/mol. The van der Waals surface area contributed by atoms with Gasteiger partial charge in [0.1, 0.15) is 0 Å². The van der Waals surface area contributed by atoms with Gasteiger partial charge >= 0.3 is 0 Å². The van der Waals surface area contributed by atoms with Gasteiger partial charge in [0.25, 0.3) is 0 Å². The molecule has 0 aromatic carbocycles. The molecule has 1 nitrogen and oxygen atoms in total. The summed E-state index contributed by atoms with van der Waals surface area (Å²) >= 11 is 0. The third kappa shape index (κ3) is 1.55. The number of allylic oxidation sites excluding steroid dienone is 1. The van der Waals surface area contributed by atoms with E-state index in [1.807, 2.05) is 0 Å². The summed E-state index contributed by atoms with van der Waals surface area (Å²) < 4.78 is 0. The van der Waals surface area contributed by atoms with Crippen molar-refractivity contribution in [2.24, 2.45) is 5.73 Å². The summed E-state index contributed by atoms with van der Waals surface area (Å²) in [5, 5.41) is 0. The largest absolute Gasteiger partial charge is 0.327 e. The Bertz CT molecular complexity index is 136. The van der Waals surface area contributed by atoms with E-state index in [-0.39, 0.29) is 0 Å². The second-order valence-electron chi connectivity index (χ2n) is 3.06. The summed E-state index contributed by atoms with van der Waals surface area (Å²) in [5.74, 6) is 0. The number of hydrogen-bond donors (Lipinski definition) is 1. The summed E-state index contributed by atoms with van der Waals surface area (Å²) in [6.07, 6.45) is 3.52. The lowest BCUT2D eigenvalue weighted by molar-refractivity contribution is 0.569. The molecule has 52 valence electrons. The Morgan fingerprint density at radius 2 is 2.00 bits per heavy atom. The van der Waals surface area contributed by atoms with Crippen LogP contribution >= 0.6 is 0 Å². The second kappa shape index (κ2) is 2.53. The summed E-state index contributed by atoms with van der Waals surface area (Å²) in [7, 11) is 0. The van der Waals surface area contributed by atoms with Crippen LogP contribution in [0.2, 0.25) is 0 Å². The Kier molecular flexibility index (Phi) is 1.91. The van der Waals surface area contributed by atoms with E-state index in [4.69, 9.17) is 5.73 Å². The zero-order valence-electron chi connectivity index (χ0n) is 6.28. The van der Waals surface area contributed by atoms with Crippen LogP contribution < -0.4 is 5.73 Å². The Morgan fingerprint density at radius 3 is 2.44 bits per heavy atom. The lowest BCUT2D eigenvalue weighted by Crippen LogP contribution is -2.23. The molecule has 2 N–H and O–H groups in total. The van der Waals surface area contributed by atoms with Gasteiger partial charge in [-0.15, -0.1) is 0 Å². The van der Waals surface area contributed by atoms with E-state index >= 15 is 0 Å². The molecule has 1 unspecified atom stereocenters. The maximum atomic E-state index is 5.75. The van der Waals surface area contributed by atoms with Crippen LogP contribution in [0.3, 0.4) is 0 Å². The van der Waals surface area contributed by atoms with Gasteiger partial charge in [-0.25, -0.2) is 0 Å². The minimum absolute atomic E-state index is 0.439. The smallest absolute Gasteiger partial charge is 0.00791 e. The highest BCUT2D eigenvalue weighted by molar-refractivity contribution is 5.14. The van der Waals surface area contributed by atoms with Crippen molar-refractivity contribution in [2.75, 3.05) is 0 Å². The van der Waals surface area contributed by atoms with E-state index in [9.17, 15) is 0 Å². The summed E-state index contributed by atoms with van der Waals surface area (Å²) in [6, 6.07) is 0.439. The fourth-order valence-corrected chi connectivity index (χ4v) is 1.28. The zero-order valence-corrected chi connectivity index (χ0v) is 6.28. The molecule has 1 aliphatic rings. The van der Waals surface area contributed by atoms with Gasteiger partial charge in [-0.05, 0) is 33.1 Å². The van der Waals surface area contributed by atoms with Crippen LogP contribution in [0.5, 0.6) is 0 Å². The number of nitrogens with two attached hydrogens (primary N) is 1. The molecule has 9 heavy (non-hydrogen) atoms. The molecule has 0 fully saturated rings. The molecule has 0 spiro atoms. The average molecular weight is 125 g/mol. The van der Waals surface area contributed by atoms with E-state index in [2.05, 4.69) is 13.8 Å². The van der Waals surface area contributed by atoms with Crippen molar-refractivity contribution < 1.29 is 0 Å². The van der Waals surface area contributed by atoms with E-state index in [0.29, 0.717) is 6.04 Å². The molecular weight excluding hydrogens is 110 g/mol. The first-order valence-corrected chi connectivity index (χ1v) is 3.61. The number of hydrogen-bond acceptors (Lipinski definition) is 1. The number of rotatable bonds is 0. The highest BCUT2D eigenvalue weighted by atomic mass is 14.6. The second-order valence-corrected chi connectivity index (χ2v) is 3.06. The van der Waals surface area contributed by atoms with Gasteiger partial charge in [0.2, 0.25) is 0 Å². The molecule has 1 heteroatoms. The molecule has 1 rings (SSSR count). The summed E-state index contributed by atoms with van der Waals surface area (Å²) in [4.78, 5) is 0. The molecule has 1 atom stereocenters. The molecule has 0 bridgehead atoms. The van der Waals surface area contributed by atoms with Gasteiger partial charge in [0.15, 0.2) is 0 Å². The Morgan fingerprint density at radius 1 is 1.33 bits per heavy atom. The maximum absolute atomic E-state index is 5.75. The van der Waals surface area contributed by atoms with E-state index in [1.54, 1.807) is 5.57 Å². The van der Waals surface area contributed by atoms with Crippen LogP contribution in [0.1, 0.15) is 33.1 Å². The molecular formula is C8H15N. The van der Waals surface area contributed by atoms with Crippen molar-refractivity contribution in [3.8, 4) is 0 Å². The Labute approximate surface area is 56.9 Å². The van der Waals surface area contributed by atoms with Crippen LogP contribution in [0, 0.1) is 0 Å². The minimum atomic E-state index is 0.439. The molecule has 0 aromatic rings.